The molecule has 2 unspecified atom stereocenters. The molecule has 0 amide bonds. The zero-order chi connectivity index (χ0) is 13.7. The van der Waals surface area contributed by atoms with Gasteiger partial charge in [-0.15, -0.1) is 0 Å². The minimum atomic E-state index is -0.219. The van der Waals surface area contributed by atoms with Crippen molar-refractivity contribution >= 4 is 0 Å². The lowest BCUT2D eigenvalue weighted by Gasteiger charge is -2.28. The van der Waals surface area contributed by atoms with Crippen LogP contribution >= 0.6 is 0 Å². The number of rotatable bonds is 4. The summed E-state index contributed by atoms with van der Waals surface area (Å²) in [5.41, 5.74) is 7.56. The molecule has 1 aliphatic carbocycles. The second-order valence-electron chi connectivity index (χ2n) is 5.95. The van der Waals surface area contributed by atoms with E-state index in [2.05, 4.69) is 24.9 Å². The van der Waals surface area contributed by atoms with E-state index in [4.69, 9.17) is 10.5 Å². The quantitative estimate of drug-likeness (QED) is 0.843. The van der Waals surface area contributed by atoms with Gasteiger partial charge in [-0.1, -0.05) is 26.7 Å². The van der Waals surface area contributed by atoms with Crippen LogP contribution in [-0.2, 0) is 5.54 Å². The third-order valence-electron chi connectivity index (χ3n) is 4.16. The molecule has 1 saturated carbocycles. The summed E-state index contributed by atoms with van der Waals surface area (Å²) in [6, 6.07) is 2.08. The molecule has 1 heterocycles. The van der Waals surface area contributed by atoms with Gasteiger partial charge in [-0.05, 0) is 43.2 Å². The summed E-state index contributed by atoms with van der Waals surface area (Å²) in [5, 5.41) is 0. The van der Waals surface area contributed by atoms with Gasteiger partial charge in [-0.3, -0.25) is 4.98 Å². The summed E-state index contributed by atoms with van der Waals surface area (Å²) in [6.45, 7) is 5.17. The van der Waals surface area contributed by atoms with Crippen LogP contribution in [0.1, 0.15) is 57.9 Å². The van der Waals surface area contributed by atoms with Crippen LogP contribution < -0.4 is 10.5 Å². The highest BCUT2D eigenvalue weighted by Crippen LogP contribution is 2.36. The van der Waals surface area contributed by atoms with E-state index in [1.165, 1.54) is 19.3 Å². The van der Waals surface area contributed by atoms with E-state index in [1.54, 1.807) is 6.20 Å². The van der Waals surface area contributed by atoms with E-state index < -0.39 is 0 Å². The van der Waals surface area contributed by atoms with Gasteiger partial charge in [0.1, 0.15) is 5.75 Å². The molecule has 1 aromatic heterocycles. The first-order valence-corrected chi connectivity index (χ1v) is 7.51. The van der Waals surface area contributed by atoms with E-state index >= 15 is 0 Å². The number of nitrogens with two attached hydrogens (primary N) is 1. The molecule has 0 saturated heterocycles. The van der Waals surface area contributed by atoms with Crippen LogP contribution in [0.2, 0.25) is 0 Å². The lowest BCUT2D eigenvalue weighted by Crippen LogP contribution is -2.36. The molecule has 3 nitrogen and oxygen atoms in total. The highest BCUT2D eigenvalue weighted by Gasteiger charge is 2.30. The molecule has 2 rings (SSSR count). The number of hydrogen-bond acceptors (Lipinski definition) is 3. The van der Waals surface area contributed by atoms with Crippen LogP contribution in [0.25, 0.3) is 0 Å². The van der Waals surface area contributed by atoms with Gasteiger partial charge in [0.2, 0.25) is 0 Å². The molecule has 1 aromatic rings. The SMILES string of the molecule is CCCOc1cncc(C2(N)CCCC(C)CC2)c1. The molecule has 3 heteroatoms. The maximum Gasteiger partial charge on any atom is 0.137 e. The zero-order valence-corrected chi connectivity index (χ0v) is 12.2. The van der Waals surface area contributed by atoms with Crippen LogP contribution in [0.5, 0.6) is 5.75 Å². The summed E-state index contributed by atoms with van der Waals surface area (Å²) in [7, 11) is 0. The summed E-state index contributed by atoms with van der Waals surface area (Å²) in [4.78, 5) is 4.30. The Balaban J connectivity index is 2.14. The number of aromatic nitrogens is 1. The first kappa shape index (κ1) is 14.3. The smallest absolute Gasteiger partial charge is 0.137 e. The Labute approximate surface area is 116 Å². The largest absolute Gasteiger partial charge is 0.492 e. The second-order valence-corrected chi connectivity index (χ2v) is 5.95. The van der Waals surface area contributed by atoms with E-state index in [1.807, 2.05) is 6.20 Å². The summed E-state index contributed by atoms with van der Waals surface area (Å²) in [6.07, 6.45) is 10.5. The van der Waals surface area contributed by atoms with Gasteiger partial charge >= 0.3 is 0 Å². The molecule has 2 N–H and O–H groups in total. The van der Waals surface area contributed by atoms with Gasteiger partial charge in [0, 0.05) is 11.7 Å². The Morgan fingerprint density at radius 2 is 2.21 bits per heavy atom. The van der Waals surface area contributed by atoms with Crippen molar-refractivity contribution in [3.05, 3.63) is 24.0 Å². The maximum absolute atomic E-state index is 6.64. The molecule has 0 radical (unpaired) electrons. The molecule has 0 aliphatic heterocycles. The van der Waals surface area contributed by atoms with Gasteiger partial charge in [0.15, 0.2) is 0 Å². The monoisotopic (exact) mass is 262 g/mol. The number of pyridine rings is 1. The van der Waals surface area contributed by atoms with Gasteiger partial charge in [-0.2, -0.15) is 0 Å². The second kappa shape index (κ2) is 6.38. The summed E-state index contributed by atoms with van der Waals surface area (Å²) < 4.78 is 5.67. The normalized spacial score (nSPS) is 27.8. The van der Waals surface area contributed by atoms with Gasteiger partial charge in [0.05, 0.1) is 12.8 Å². The van der Waals surface area contributed by atoms with Gasteiger partial charge < -0.3 is 10.5 Å². The van der Waals surface area contributed by atoms with Crippen LogP contribution in [0.15, 0.2) is 18.5 Å². The minimum absolute atomic E-state index is 0.219. The highest BCUT2D eigenvalue weighted by molar-refractivity contribution is 5.29. The number of nitrogens with zero attached hydrogens (tertiary/aromatic N) is 1. The van der Waals surface area contributed by atoms with Crippen molar-refractivity contribution in [2.45, 2.75) is 57.9 Å². The summed E-state index contributed by atoms with van der Waals surface area (Å²) >= 11 is 0. The number of ether oxygens (including phenoxy) is 1. The van der Waals surface area contributed by atoms with Crippen molar-refractivity contribution in [2.24, 2.45) is 11.7 Å². The van der Waals surface area contributed by atoms with Gasteiger partial charge in [-0.25, -0.2) is 0 Å². The van der Waals surface area contributed by atoms with Gasteiger partial charge in [0.25, 0.3) is 0 Å². The maximum atomic E-state index is 6.64. The lowest BCUT2D eigenvalue weighted by atomic mass is 9.84. The van der Waals surface area contributed by atoms with Crippen LogP contribution in [0.3, 0.4) is 0 Å². The Hall–Kier alpha value is -1.09. The molecule has 1 aliphatic rings. The standard InChI is InChI=1S/C16H26N2O/c1-3-9-19-15-10-14(11-18-12-15)16(17)7-4-5-13(2)6-8-16/h10-13H,3-9,17H2,1-2H3. The fourth-order valence-electron chi connectivity index (χ4n) is 2.82. The van der Waals surface area contributed by atoms with Crippen molar-refractivity contribution in [1.29, 1.82) is 0 Å². The molecule has 0 aromatic carbocycles. The molecule has 19 heavy (non-hydrogen) atoms. The first-order valence-electron chi connectivity index (χ1n) is 7.51. The third kappa shape index (κ3) is 3.69. The molecular formula is C16H26N2O. The third-order valence-corrected chi connectivity index (χ3v) is 4.16. The fourth-order valence-corrected chi connectivity index (χ4v) is 2.82. The lowest BCUT2D eigenvalue weighted by molar-refractivity contribution is 0.312. The van der Waals surface area contributed by atoms with Crippen LogP contribution in [0.4, 0.5) is 0 Å². The Morgan fingerprint density at radius 1 is 1.37 bits per heavy atom. The average molecular weight is 262 g/mol. The van der Waals surface area contributed by atoms with Crippen molar-refractivity contribution < 1.29 is 4.74 Å². The van der Waals surface area contributed by atoms with Crippen LogP contribution in [0, 0.1) is 5.92 Å². The van der Waals surface area contributed by atoms with Crippen LogP contribution in [-0.4, -0.2) is 11.6 Å². The van der Waals surface area contributed by atoms with Crippen molar-refractivity contribution in [2.75, 3.05) is 6.61 Å². The Morgan fingerprint density at radius 3 is 3.00 bits per heavy atom. The molecule has 2 atom stereocenters. The zero-order valence-electron chi connectivity index (χ0n) is 12.2. The molecule has 0 spiro atoms. The minimum Gasteiger partial charge on any atom is -0.492 e. The fraction of sp³-hybridized carbons (Fsp3) is 0.688. The predicted molar refractivity (Wildman–Crippen MR) is 78.1 cm³/mol. The van der Waals surface area contributed by atoms with Crippen molar-refractivity contribution in [3.63, 3.8) is 0 Å². The van der Waals surface area contributed by atoms with E-state index in [0.29, 0.717) is 0 Å². The van der Waals surface area contributed by atoms with Crippen molar-refractivity contribution in [3.8, 4) is 5.75 Å². The molecule has 106 valence electrons. The predicted octanol–water partition coefficient (Wildman–Crippen LogP) is 3.62. The molecule has 0 bridgehead atoms. The van der Waals surface area contributed by atoms with E-state index in [9.17, 15) is 0 Å². The molecule has 1 fully saturated rings. The number of hydrogen-bond donors (Lipinski definition) is 1. The molecular weight excluding hydrogens is 236 g/mol. The highest BCUT2D eigenvalue weighted by atomic mass is 16.5. The van der Waals surface area contributed by atoms with Crippen molar-refractivity contribution in [1.82, 2.24) is 4.98 Å². The average Bonchev–Trinajstić information content (AvgIpc) is 2.60. The Bertz CT molecular complexity index is 407. The van der Waals surface area contributed by atoms with E-state index in [-0.39, 0.29) is 5.54 Å². The first-order chi connectivity index (χ1) is 9.14. The summed E-state index contributed by atoms with van der Waals surface area (Å²) in [5.74, 6) is 1.64. The topological polar surface area (TPSA) is 48.1 Å². The van der Waals surface area contributed by atoms with E-state index in [0.717, 1.165) is 43.1 Å². The Kier molecular flexibility index (Phi) is 4.81.